The number of carbonyl (C=O) groups is 1. The van der Waals surface area contributed by atoms with E-state index in [-0.39, 0.29) is 5.91 Å². The Balaban J connectivity index is 2.52. The molecule has 0 saturated carbocycles. The smallest absolute Gasteiger partial charge is 0.238 e. The fraction of sp³-hybridized carbons (Fsp3) is 0.588. The summed E-state index contributed by atoms with van der Waals surface area (Å²) in [4.78, 5) is 12.0. The topological polar surface area (TPSA) is 41.1 Å². The molecule has 0 fully saturated rings. The van der Waals surface area contributed by atoms with E-state index in [1.807, 2.05) is 0 Å². The molecule has 0 radical (unpaired) electrons. The quantitative estimate of drug-likeness (QED) is 0.677. The lowest BCUT2D eigenvalue weighted by molar-refractivity contribution is -0.115. The van der Waals surface area contributed by atoms with Crippen molar-refractivity contribution in [3.63, 3.8) is 0 Å². The molecule has 0 atom stereocenters. The van der Waals surface area contributed by atoms with Crippen molar-refractivity contribution in [2.75, 3.05) is 18.4 Å². The van der Waals surface area contributed by atoms with Crippen LogP contribution in [0.3, 0.4) is 0 Å². The highest BCUT2D eigenvalue weighted by Gasteiger charge is 2.09. The summed E-state index contributed by atoms with van der Waals surface area (Å²) in [6.07, 6.45) is 5.43. The van der Waals surface area contributed by atoms with Gasteiger partial charge < -0.3 is 10.6 Å². The zero-order valence-corrected chi connectivity index (χ0v) is 13.1. The van der Waals surface area contributed by atoms with Crippen LogP contribution in [0.15, 0.2) is 18.2 Å². The summed E-state index contributed by atoms with van der Waals surface area (Å²) in [5.41, 5.74) is 3.44. The molecular formula is C17H28N2O. The van der Waals surface area contributed by atoms with E-state index in [4.69, 9.17) is 0 Å². The average molecular weight is 276 g/mol. The number of carbonyl (C=O) groups excluding carboxylic acids is 1. The van der Waals surface area contributed by atoms with Gasteiger partial charge >= 0.3 is 0 Å². The summed E-state index contributed by atoms with van der Waals surface area (Å²) in [6.45, 7) is 7.73. The maximum absolute atomic E-state index is 12.0. The standard InChI is InChI=1S/C17H28N2O/c1-4-7-8-12-18-13-16(20)19-17-14(5-2)10-9-11-15(17)6-3/h9-11,18H,4-8,12-13H2,1-3H3,(H,19,20). The molecule has 0 saturated heterocycles. The second kappa shape index (κ2) is 9.54. The zero-order valence-electron chi connectivity index (χ0n) is 13.1. The Morgan fingerprint density at radius 1 is 1.05 bits per heavy atom. The SMILES string of the molecule is CCCCCNCC(=O)Nc1c(CC)cccc1CC. The second-order valence-electron chi connectivity index (χ2n) is 5.09. The number of benzene rings is 1. The molecule has 20 heavy (non-hydrogen) atoms. The monoisotopic (exact) mass is 276 g/mol. The van der Waals surface area contributed by atoms with Crippen molar-refractivity contribution in [2.45, 2.75) is 52.9 Å². The fourth-order valence-corrected chi connectivity index (χ4v) is 2.29. The van der Waals surface area contributed by atoms with Crippen molar-refractivity contribution in [3.05, 3.63) is 29.3 Å². The molecule has 2 N–H and O–H groups in total. The molecular weight excluding hydrogens is 248 g/mol. The first-order valence-electron chi connectivity index (χ1n) is 7.84. The number of para-hydroxylation sites is 1. The maximum atomic E-state index is 12.0. The van der Waals surface area contributed by atoms with Crippen LogP contribution in [-0.4, -0.2) is 19.0 Å². The first-order chi connectivity index (χ1) is 9.72. The van der Waals surface area contributed by atoms with Crippen LogP contribution in [0.4, 0.5) is 5.69 Å². The van der Waals surface area contributed by atoms with Crippen molar-refractivity contribution in [3.8, 4) is 0 Å². The van der Waals surface area contributed by atoms with Gasteiger partial charge in [0, 0.05) is 5.69 Å². The Labute approximate surface area is 123 Å². The van der Waals surface area contributed by atoms with Crippen LogP contribution in [0, 0.1) is 0 Å². The third-order valence-electron chi connectivity index (χ3n) is 3.51. The zero-order chi connectivity index (χ0) is 14.8. The lowest BCUT2D eigenvalue weighted by atomic mass is 10.0. The molecule has 1 rings (SSSR count). The lowest BCUT2D eigenvalue weighted by Crippen LogP contribution is -2.29. The van der Waals surface area contributed by atoms with E-state index in [1.54, 1.807) is 0 Å². The maximum Gasteiger partial charge on any atom is 0.238 e. The minimum atomic E-state index is 0.0529. The average Bonchev–Trinajstić information content (AvgIpc) is 2.47. The van der Waals surface area contributed by atoms with E-state index >= 15 is 0 Å². The third-order valence-corrected chi connectivity index (χ3v) is 3.51. The van der Waals surface area contributed by atoms with Crippen LogP contribution in [0.25, 0.3) is 0 Å². The predicted octanol–water partition coefficient (Wildman–Crippen LogP) is 3.53. The molecule has 112 valence electrons. The van der Waals surface area contributed by atoms with Gasteiger partial charge in [0.15, 0.2) is 0 Å². The van der Waals surface area contributed by atoms with Crippen LogP contribution in [-0.2, 0) is 17.6 Å². The molecule has 3 nitrogen and oxygen atoms in total. The molecule has 0 aliphatic rings. The summed E-state index contributed by atoms with van der Waals surface area (Å²) < 4.78 is 0. The third kappa shape index (κ3) is 5.33. The molecule has 0 aromatic heterocycles. The van der Waals surface area contributed by atoms with Gasteiger partial charge in [0.1, 0.15) is 0 Å². The van der Waals surface area contributed by atoms with Crippen LogP contribution < -0.4 is 10.6 Å². The van der Waals surface area contributed by atoms with Gasteiger partial charge in [0.05, 0.1) is 6.54 Å². The first-order valence-corrected chi connectivity index (χ1v) is 7.84. The highest BCUT2D eigenvalue weighted by atomic mass is 16.1. The van der Waals surface area contributed by atoms with Gasteiger partial charge in [-0.1, -0.05) is 51.8 Å². The summed E-state index contributed by atoms with van der Waals surface area (Å²) in [6, 6.07) is 6.24. The Morgan fingerprint density at radius 2 is 1.70 bits per heavy atom. The number of hydrogen-bond donors (Lipinski definition) is 2. The van der Waals surface area contributed by atoms with Crippen molar-refractivity contribution in [1.82, 2.24) is 5.32 Å². The van der Waals surface area contributed by atoms with E-state index in [9.17, 15) is 4.79 Å². The first kappa shape index (κ1) is 16.7. The van der Waals surface area contributed by atoms with E-state index in [2.05, 4.69) is 49.6 Å². The number of hydrogen-bond acceptors (Lipinski definition) is 2. The molecule has 1 aromatic rings. The van der Waals surface area contributed by atoms with Gasteiger partial charge in [-0.25, -0.2) is 0 Å². The van der Waals surface area contributed by atoms with Crippen LogP contribution >= 0.6 is 0 Å². The lowest BCUT2D eigenvalue weighted by Gasteiger charge is -2.14. The van der Waals surface area contributed by atoms with Crippen molar-refractivity contribution in [1.29, 1.82) is 0 Å². The molecule has 1 aromatic carbocycles. The minimum absolute atomic E-state index is 0.0529. The van der Waals surface area contributed by atoms with Crippen LogP contribution in [0.1, 0.15) is 51.2 Å². The van der Waals surface area contributed by atoms with Gasteiger partial charge in [-0.05, 0) is 36.9 Å². The highest BCUT2D eigenvalue weighted by molar-refractivity contribution is 5.93. The van der Waals surface area contributed by atoms with Gasteiger partial charge in [0.2, 0.25) is 5.91 Å². The van der Waals surface area contributed by atoms with Gasteiger partial charge in [-0.2, -0.15) is 0 Å². The van der Waals surface area contributed by atoms with E-state index in [1.165, 1.54) is 24.0 Å². The molecule has 3 heteroatoms. The molecule has 0 aliphatic carbocycles. The van der Waals surface area contributed by atoms with E-state index in [0.717, 1.165) is 31.5 Å². The van der Waals surface area contributed by atoms with E-state index < -0.39 is 0 Å². The summed E-state index contributed by atoms with van der Waals surface area (Å²) in [5.74, 6) is 0.0529. The molecule has 0 unspecified atom stereocenters. The van der Waals surface area contributed by atoms with Crippen molar-refractivity contribution in [2.24, 2.45) is 0 Å². The molecule has 1 amide bonds. The van der Waals surface area contributed by atoms with Crippen molar-refractivity contribution >= 4 is 11.6 Å². The highest BCUT2D eigenvalue weighted by Crippen LogP contribution is 2.22. The van der Waals surface area contributed by atoms with Gasteiger partial charge in [-0.15, -0.1) is 0 Å². The Kier molecular flexibility index (Phi) is 7.97. The Morgan fingerprint density at radius 3 is 2.25 bits per heavy atom. The van der Waals surface area contributed by atoms with Gasteiger partial charge in [0.25, 0.3) is 0 Å². The largest absolute Gasteiger partial charge is 0.324 e. The van der Waals surface area contributed by atoms with Crippen LogP contribution in [0.5, 0.6) is 0 Å². The van der Waals surface area contributed by atoms with Gasteiger partial charge in [-0.3, -0.25) is 4.79 Å². The second-order valence-corrected chi connectivity index (χ2v) is 5.09. The summed E-state index contributed by atoms with van der Waals surface area (Å²) in [5, 5.41) is 6.27. The summed E-state index contributed by atoms with van der Waals surface area (Å²) in [7, 11) is 0. The minimum Gasteiger partial charge on any atom is -0.324 e. The molecule has 0 aliphatic heterocycles. The van der Waals surface area contributed by atoms with Crippen molar-refractivity contribution < 1.29 is 4.79 Å². The number of aryl methyl sites for hydroxylation is 2. The number of rotatable bonds is 9. The predicted molar refractivity (Wildman–Crippen MR) is 86.2 cm³/mol. The molecule has 0 bridgehead atoms. The fourth-order valence-electron chi connectivity index (χ4n) is 2.29. The molecule has 0 spiro atoms. The number of unbranched alkanes of at least 4 members (excludes halogenated alkanes) is 2. The number of amides is 1. The number of nitrogens with one attached hydrogen (secondary N) is 2. The Bertz CT molecular complexity index is 393. The van der Waals surface area contributed by atoms with Crippen LogP contribution in [0.2, 0.25) is 0 Å². The summed E-state index contributed by atoms with van der Waals surface area (Å²) >= 11 is 0. The van der Waals surface area contributed by atoms with E-state index in [0.29, 0.717) is 6.54 Å². The normalized spacial score (nSPS) is 10.6. The molecule has 0 heterocycles. The Hall–Kier alpha value is -1.35. The number of anilines is 1.